The first-order valence-electron chi connectivity index (χ1n) is 5.76. The van der Waals surface area contributed by atoms with Crippen molar-refractivity contribution in [3.05, 3.63) is 48.3 Å². The maximum absolute atomic E-state index is 4.24. The molecule has 0 aliphatic rings. The average molecular weight is 218 g/mol. The molecule has 0 aliphatic heterocycles. The van der Waals surface area contributed by atoms with E-state index in [2.05, 4.69) is 5.10 Å². The third kappa shape index (κ3) is 4.30. The second kappa shape index (κ2) is 8.72. The normalized spacial score (nSPS) is 11.9. The van der Waals surface area contributed by atoms with Crippen LogP contribution in [0.15, 0.2) is 42.6 Å². The van der Waals surface area contributed by atoms with E-state index in [1.165, 1.54) is 0 Å². The molecule has 1 aromatic rings. The summed E-state index contributed by atoms with van der Waals surface area (Å²) in [6.45, 7) is 10.1. The molecule has 0 aliphatic carbocycles. The Hall–Kier alpha value is -1.57. The molecule has 0 N–H and O–H groups in total. The van der Waals surface area contributed by atoms with Crippen LogP contribution in [-0.4, -0.2) is 9.78 Å². The van der Waals surface area contributed by atoms with Crippen molar-refractivity contribution in [1.29, 1.82) is 0 Å². The maximum Gasteiger partial charge on any atom is 0.0606 e. The molecular weight excluding hydrogens is 196 g/mol. The molecule has 1 rings (SSSR count). The largest absolute Gasteiger partial charge is 0.238 e. The molecule has 2 heteroatoms. The number of aromatic nitrogens is 2. The van der Waals surface area contributed by atoms with Crippen molar-refractivity contribution in [2.45, 2.75) is 34.6 Å². The second-order valence-electron chi connectivity index (χ2n) is 2.98. The molecule has 0 atom stereocenters. The smallest absolute Gasteiger partial charge is 0.0606 e. The topological polar surface area (TPSA) is 17.8 Å². The molecule has 0 amide bonds. The zero-order valence-electron chi connectivity index (χ0n) is 10.9. The Morgan fingerprint density at radius 2 is 1.94 bits per heavy atom. The average Bonchev–Trinajstić information content (AvgIpc) is 2.74. The van der Waals surface area contributed by atoms with Crippen molar-refractivity contribution in [2.24, 2.45) is 0 Å². The first-order chi connectivity index (χ1) is 7.79. The van der Waals surface area contributed by atoms with E-state index in [0.717, 1.165) is 11.4 Å². The lowest BCUT2D eigenvalue weighted by molar-refractivity contribution is 0.873. The highest BCUT2D eigenvalue weighted by molar-refractivity contribution is 5.57. The van der Waals surface area contributed by atoms with Crippen LogP contribution in [-0.2, 0) is 0 Å². The number of aryl methyl sites for hydroxylation is 1. The van der Waals surface area contributed by atoms with Crippen LogP contribution in [0.3, 0.4) is 0 Å². The van der Waals surface area contributed by atoms with E-state index in [0.29, 0.717) is 0 Å². The van der Waals surface area contributed by atoms with Crippen molar-refractivity contribution in [3.63, 3.8) is 0 Å². The standard InChI is InChI=1S/C12H16N2.C2H6/c1-4-6-7-8-12(5-2)14-11(3)9-10-13-14;1-2/h4-10H,1-3H3;1-2H3/b6-4-,8-7-,12-5+;. The van der Waals surface area contributed by atoms with Crippen LogP contribution in [0.25, 0.3) is 5.70 Å². The molecule has 0 spiro atoms. The van der Waals surface area contributed by atoms with E-state index in [4.69, 9.17) is 0 Å². The van der Waals surface area contributed by atoms with Crippen LogP contribution < -0.4 is 0 Å². The zero-order valence-corrected chi connectivity index (χ0v) is 10.9. The van der Waals surface area contributed by atoms with Gasteiger partial charge in [-0.1, -0.05) is 38.2 Å². The summed E-state index contributed by atoms with van der Waals surface area (Å²) < 4.78 is 1.92. The molecule has 16 heavy (non-hydrogen) atoms. The minimum Gasteiger partial charge on any atom is -0.238 e. The predicted octanol–water partition coefficient (Wildman–Crippen LogP) is 4.21. The minimum absolute atomic E-state index is 1.09. The number of nitrogens with zero attached hydrogens (tertiary/aromatic N) is 2. The molecule has 0 fully saturated rings. The lowest BCUT2D eigenvalue weighted by Gasteiger charge is -2.03. The molecule has 1 aromatic heterocycles. The Bertz CT molecular complexity index is 368. The van der Waals surface area contributed by atoms with Gasteiger partial charge in [0.2, 0.25) is 0 Å². The summed E-state index contributed by atoms with van der Waals surface area (Å²) in [5.41, 5.74) is 2.23. The van der Waals surface area contributed by atoms with Crippen molar-refractivity contribution >= 4 is 5.70 Å². The highest BCUT2D eigenvalue weighted by Crippen LogP contribution is 2.08. The molecule has 0 bridgehead atoms. The Morgan fingerprint density at radius 3 is 2.38 bits per heavy atom. The van der Waals surface area contributed by atoms with Crippen LogP contribution in [0, 0.1) is 6.92 Å². The molecule has 0 aromatic carbocycles. The summed E-state index contributed by atoms with van der Waals surface area (Å²) in [4.78, 5) is 0. The van der Waals surface area contributed by atoms with Crippen LogP contribution in [0.4, 0.5) is 0 Å². The Labute approximate surface area is 99.0 Å². The van der Waals surface area contributed by atoms with Gasteiger partial charge in [-0.25, -0.2) is 4.68 Å². The van der Waals surface area contributed by atoms with Crippen LogP contribution in [0.2, 0.25) is 0 Å². The van der Waals surface area contributed by atoms with Gasteiger partial charge < -0.3 is 0 Å². The molecule has 88 valence electrons. The van der Waals surface area contributed by atoms with Gasteiger partial charge in [0, 0.05) is 11.9 Å². The quantitative estimate of drug-likeness (QED) is 0.695. The number of hydrogen-bond acceptors (Lipinski definition) is 1. The van der Waals surface area contributed by atoms with Gasteiger partial charge in [-0.2, -0.15) is 5.10 Å². The highest BCUT2D eigenvalue weighted by atomic mass is 15.3. The Morgan fingerprint density at radius 1 is 1.25 bits per heavy atom. The first kappa shape index (κ1) is 14.4. The molecule has 0 saturated heterocycles. The van der Waals surface area contributed by atoms with Gasteiger partial charge in [0.1, 0.15) is 0 Å². The first-order valence-corrected chi connectivity index (χ1v) is 5.76. The molecule has 0 radical (unpaired) electrons. The summed E-state index contributed by atoms with van der Waals surface area (Å²) in [6, 6.07) is 1.99. The van der Waals surface area contributed by atoms with Gasteiger partial charge in [0.25, 0.3) is 0 Å². The summed E-state index contributed by atoms with van der Waals surface area (Å²) >= 11 is 0. The third-order valence-electron chi connectivity index (χ3n) is 1.94. The molecule has 2 nitrogen and oxygen atoms in total. The summed E-state index contributed by atoms with van der Waals surface area (Å²) in [5, 5.41) is 4.24. The zero-order chi connectivity index (χ0) is 12.4. The van der Waals surface area contributed by atoms with Crippen LogP contribution in [0.1, 0.15) is 33.4 Å². The van der Waals surface area contributed by atoms with E-state index in [1.54, 1.807) is 0 Å². The monoisotopic (exact) mass is 218 g/mol. The van der Waals surface area contributed by atoms with Gasteiger partial charge >= 0.3 is 0 Å². The maximum atomic E-state index is 4.24. The fourth-order valence-electron chi connectivity index (χ4n) is 1.19. The number of hydrogen-bond donors (Lipinski definition) is 0. The van der Waals surface area contributed by atoms with Gasteiger partial charge in [-0.15, -0.1) is 0 Å². The van der Waals surface area contributed by atoms with Gasteiger partial charge in [0.05, 0.1) is 5.70 Å². The van der Waals surface area contributed by atoms with E-state index in [-0.39, 0.29) is 0 Å². The fourth-order valence-corrected chi connectivity index (χ4v) is 1.19. The van der Waals surface area contributed by atoms with Gasteiger partial charge in [-0.05, 0) is 32.9 Å². The van der Waals surface area contributed by atoms with Crippen LogP contribution >= 0.6 is 0 Å². The molecule has 1 heterocycles. The number of allylic oxidation sites excluding steroid dienone is 6. The minimum atomic E-state index is 1.09. The highest BCUT2D eigenvalue weighted by Gasteiger charge is 1.98. The lowest BCUT2D eigenvalue weighted by atomic mass is 10.3. The van der Waals surface area contributed by atoms with Crippen molar-refractivity contribution in [3.8, 4) is 0 Å². The van der Waals surface area contributed by atoms with Crippen molar-refractivity contribution < 1.29 is 0 Å². The fraction of sp³-hybridized carbons (Fsp3) is 0.357. The van der Waals surface area contributed by atoms with E-state index >= 15 is 0 Å². The second-order valence-corrected chi connectivity index (χ2v) is 2.98. The van der Waals surface area contributed by atoms with E-state index < -0.39 is 0 Å². The van der Waals surface area contributed by atoms with Crippen molar-refractivity contribution in [1.82, 2.24) is 9.78 Å². The van der Waals surface area contributed by atoms with Crippen LogP contribution in [0.5, 0.6) is 0 Å². The van der Waals surface area contributed by atoms with Crippen molar-refractivity contribution in [2.75, 3.05) is 0 Å². The Kier molecular flexibility index (Phi) is 7.86. The van der Waals surface area contributed by atoms with Gasteiger partial charge in [0.15, 0.2) is 0 Å². The Balaban J connectivity index is 0.00000106. The van der Waals surface area contributed by atoms with E-state index in [1.807, 2.05) is 81.9 Å². The number of rotatable bonds is 3. The molecular formula is C14H22N2. The summed E-state index contributed by atoms with van der Waals surface area (Å²) in [6.07, 6.45) is 11.9. The molecule has 0 unspecified atom stereocenters. The molecule has 0 saturated carbocycles. The summed E-state index contributed by atoms with van der Waals surface area (Å²) in [5.74, 6) is 0. The lowest BCUT2D eigenvalue weighted by Crippen LogP contribution is -1.98. The predicted molar refractivity (Wildman–Crippen MR) is 72.2 cm³/mol. The third-order valence-corrected chi connectivity index (χ3v) is 1.94. The van der Waals surface area contributed by atoms with Gasteiger partial charge in [-0.3, -0.25) is 0 Å². The SMILES string of the molecule is CC.C\C=C/C=C\C(=C/C)n1nccc1C. The summed E-state index contributed by atoms with van der Waals surface area (Å²) in [7, 11) is 0. The van der Waals surface area contributed by atoms with E-state index in [9.17, 15) is 0 Å².